The van der Waals surface area contributed by atoms with E-state index in [2.05, 4.69) is 0 Å². The van der Waals surface area contributed by atoms with Crippen LogP contribution in [0.3, 0.4) is 0 Å². The molecule has 2 atom stereocenters. The number of carboxylic acid groups (broad SMARTS) is 2. The molecule has 0 aromatic rings. The Labute approximate surface area is 179 Å². The molecule has 0 rings (SSSR count). The Balaban J connectivity index is 5.69. The van der Waals surface area contributed by atoms with Crippen LogP contribution in [0.15, 0.2) is 0 Å². The molecule has 0 aromatic carbocycles. The van der Waals surface area contributed by atoms with Gasteiger partial charge in [-0.25, -0.2) is 9.59 Å². The van der Waals surface area contributed by atoms with Crippen LogP contribution in [0.2, 0.25) is 0 Å². The lowest BCUT2D eigenvalue weighted by Gasteiger charge is -2.33. The third-order valence-electron chi connectivity index (χ3n) is 4.28. The van der Waals surface area contributed by atoms with Crippen LogP contribution in [0.1, 0.15) is 82.1 Å². The van der Waals surface area contributed by atoms with Gasteiger partial charge >= 0.3 is 23.9 Å². The Kier molecular flexibility index (Phi) is 8.69. The number of hydrogen-bond acceptors (Lipinski definition) is 6. The van der Waals surface area contributed by atoms with Crippen LogP contribution in [0.25, 0.3) is 0 Å². The van der Waals surface area contributed by atoms with Crippen LogP contribution in [0.4, 0.5) is 0 Å². The van der Waals surface area contributed by atoms with Crippen LogP contribution in [-0.4, -0.2) is 46.3 Å². The molecule has 0 aliphatic carbocycles. The quantitative estimate of drug-likeness (QED) is 0.527. The van der Waals surface area contributed by atoms with Crippen LogP contribution in [0.5, 0.6) is 0 Å². The standard InChI is InChI=1S/C22H38O8/c1-19(2,3)11-21(7,8)17(27)29-13(15(23)24)14(16(25)26)30-18(28)22(9,10)12-20(4,5)6/h13-14H,11-12H2,1-10H3,(H,23,24)(H,25,26)/t13-,14-/m0/s1. The molecule has 0 heterocycles. The SMILES string of the molecule is CC(C)(C)CC(C)(C)C(=O)O[C@H](C(=O)O)[C@H](OC(=O)C(C)(C)CC(C)(C)C)C(=O)O. The predicted molar refractivity (Wildman–Crippen MR) is 111 cm³/mol. The lowest BCUT2D eigenvalue weighted by molar-refractivity contribution is -0.195. The Morgan fingerprint density at radius 3 is 1.00 bits per heavy atom. The van der Waals surface area contributed by atoms with E-state index in [1.807, 2.05) is 41.5 Å². The number of aliphatic carboxylic acids is 2. The molecule has 30 heavy (non-hydrogen) atoms. The number of ether oxygens (including phenoxy) is 2. The topological polar surface area (TPSA) is 127 Å². The van der Waals surface area contributed by atoms with Crippen LogP contribution in [0, 0.1) is 21.7 Å². The van der Waals surface area contributed by atoms with Gasteiger partial charge in [0, 0.05) is 0 Å². The first-order valence-corrected chi connectivity index (χ1v) is 9.97. The van der Waals surface area contributed by atoms with Gasteiger partial charge in [-0.05, 0) is 51.4 Å². The maximum Gasteiger partial charge on any atom is 0.349 e. The molecule has 0 aliphatic heterocycles. The van der Waals surface area contributed by atoms with E-state index in [0.29, 0.717) is 12.8 Å². The van der Waals surface area contributed by atoms with E-state index in [1.54, 1.807) is 27.7 Å². The lowest BCUT2D eigenvalue weighted by Crippen LogP contribution is -2.49. The minimum Gasteiger partial charge on any atom is -0.478 e. The Hall–Kier alpha value is -2.12. The van der Waals surface area contributed by atoms with Crippen molar-refractivity contribution in [2.45, 2.75) is 94.3 Å². The second-order valence-electron chi connectivity index (χ2n) is 11.6. The van der Waals surface area contributed by atoms with Gasteiger partial charge in [0.25, 0.3) is 0 Å². The molecule has 2 N–H and O–H groups in total. The maximum atomic E-state index is 12.6. The highest BCUT2D eigenvalue weighted by molar-refractivity contribution is 5.89. The molecule has 0 saturated heterocycles. The average molecular weight is 431 g/mol. The number of carbonyl (C=O) groups excluding carboxylic acids is 2. The normalized spacial score (nSPS) is 15.1. The third-order valence-corrected chi connectivity index (χ3v) is 4.28. The summed E-state index contributed by atoms with van der Waals surface area (Å²) in [5, 5.41) is 19.0. The fraction of sp³-hybridized carbons (Fsp3) is 0.818. The molecule has 174 valence electrons. The molecule has 0 amide bonds. The van der Waals surface area contributed by atoms with E-state index in [9.17, 15) is 29.4 Å². The summed E-state index contributed by atoms with van der Waals surface area (Å²) in [4.78, 5) is 48.7. The Morgan fingerprint density at radius 2 is 0.833 bits per heavy atom. The van der Waals surface area contributed by atoms with Crippen molar-refractivity contribution in [3.63, 3.8) is 0 Å². The van der Waals surface area contributed by atoms with Crippen molar-refractivity contribution in [1.82, 2.24) is 0 Å². The molecule has 0 aromatic heterocycles. The summed E-state index contributed by atoms with van der Waals surface area (Å²) in [7, 11) is 0. The van der Waals surface area contributed by atoms with Gasteiger partial charge in [0.15, 0.2) is 0 Å². The highest BCUT2D eigenvalue weighted by Gasteiger charge is 2.46. The molecular formula is C22H38O8. The highest BCUT2D eigenvalue weighted by Crippen LogP contribution is 2.36. The largest absolute Gasteiger partial charge is 0.478 e. The van der Waals surface area contributed by atoms with E-state index < -0.39 is 46.9 Å². The van der Waals surface area contributed by atoms with Gasteiger partial charge in [-0.2, -0.15) is 0 Å². The number of carboxylic acids is 2. The van der Waals surface area contributed by atoms with Crippen LogP contribution >= 0.6 is 0 Å². The van der Waals surface area contributed by atoms with E-state index in [1.165, 1.54) is 0 Å². The predicted octanol–water partition coefficient (Wildman–Crippen LogP) is 3.90. The minimum absolute atomic E-state index is 0.253. The van der Waals surface area contributed by atoms with Crippen molar-refractivity contribution < 1.29 is 38.9 Å². The van der Waals surface area contributed by atoms with Gasteiger partial charge in [-0.15, -0.1) is 0 Å². The molecule has 0 saturated carbocycles. The minimum atomic E-state index is -2.16. The van der Waals surface area contributed by atoms with E-state index in [-0.39, 0.29) is 10.8 Å². The van der Waals surface area contributed by atoms with Gasteiger partial charge in [-0.3, -0.25) is 9.59 Å². The smallest absolute Gasteiger partial charge is 0.349 e. The van der Waals surface area contributed by atoms with Crippen molar-refractivity contribution in [2.75, 3.05) is 0 Å². The first kappa shape index (κ1) is 27.9. The van der Waals surface area contributed by atoms with Crippen molar-refractivity contribution in [3.8, 4) is 0 Å². The maximum absolute atomic E-state index is 12.6. The summed E-state index contributed by atoms with van der Waals surface area (Å²) < 4.78 is 10.1. The van der Waals surface area contributed by atoms with Gasteiger partial charge in [0.05, 0.1) is 10.8 Å². The molecule has 8 nitrogen and oxygen atoms in total. The number of carbonyl (C=O) groups is 4. The summed E-state index contributed by atoms with van der Waals surface area (Å²) in [6.07, 6.45) is -3.57. The number of hydrogen-bond donors (Lipinski definition) is 2. The highest BCUT2D eigenvalue weighted by atomic mass is 16.6. The number of rotatable bonds is 9. The van der Waals surface area contributed by atoms with Gasteiger partial charge in [-0.1, -0.05) is 41.5 Å². The monoisotopic (exact) mass is 430 g/mol. The molecule has 0 fully saturated rings. The first-order valence-electron chi connectivity index (χ1n) is 9.97. The summed E-state index contributed by atoms with van der Waals surface area (Å²) >= 11 is 0. The molecule has 8 heteroatoms. The molecule has 0 bridgehead atoms. The molecular weight excluding hydrogens is 392 g/mol. The molecule has 0 radical (unpaired) electrons. The number of esters is 2. The molecule has 0 unspecified atom stereocenters. The van der Waals surface area contributed by atoms with Crippen molar-refractivity contribution >= 4 is 23.9 Å². The molecule has 0 spiro atoms. The Bertz CT molecular complexity index is 604. The average Bonchev–Trinajstić information content (AvgIpc) is 2.44. The van der Waals surface area contributed by atoms with Gasteiger partial charge < -0.3 is 19.7 Å². The summed E-state index contributed by atoms with van der Waals surface area (Å²) in [5.74, 6) is -5.16. The zero-order valence-corrected chi connectivity index (χ0v) is 19.9. The third kappa shape index (κ3) is 9.13. The molecule has 0 aliphatic rings. The fourth-order valence-corrected chi connectivity index (χ4v) is 3.83. The second-order valence-corrected chi connectivity index (χ2v) is 11.6. The summed E-state index contributed by atoms with van der Waals surface area (Å²) in [6, 6.07) is 0. The van der Waals surface area contributed by atoms with E-state index in [0.717, 1.165) is 0 Å². The zero-order chi connectivity index (χ0) is 24.3. The first-order chi connectivity index (χ1) is 13.1. The van der Waals surface area contributed by atoms with Crippen molar-refractivity contribution in [1.29, 1.82) is 0 Å². The van der Waals surface area contributed by atoms with Gasteiger partial charge in [0.2, 0.25) is 12.2 Å². The van der Waals surface area contributed by atoms with E-state index >= 15 is 0 Å². The Morgan fingerprint density at radius 1 is 0.600 bits per heavy atom. The van der Waals surface area contributed by atoms with E-state index in [4.69, 9.17) is 9.47 Å². The van der Waals surface area contributed by atoms with Crippen LogP contribution in [-0.2, 0) is 28.7 Å². The summed E-state index contributed by atoms with van der Waals surface area (Å²) in [5.41, 5.74) is -2.64. The zero-order valence-electron chi connectivity index (χ0n) is 19.9. The van der Waals surface area contributed by atoms with Crippen LogP contribution < -0.4 is 0 Å². The van der Waals surface area contributed by atoms with Crippen molar-refractivity contribution in [2.24, 2.45) is 21.7 Å². The summed E-state index contributed by atoms with van der Waals surface area (Å²) in [6.45, 7) is 17.8. The van der Waals surface area contributed by atoms with Gasteiger partial charge in [0.1, 0.15) is 0 Å². The fourth-order valence-electron chi connectivity index (χ4n) is 3.83. The lowest BCUT2D eigenvalue weighted by atomic mass is 9.76. The second kappa shape index (κ2) is 9.35. The van der Waals surface area contributed by atoms with Crippen molar-refractivity contribution in [3.05, 3.63) is 0 Å².